The molecule has 1 saturated carbocycles. The van der Waals surface area contributed by atoms with Gasteiger partial charge in [-0.1, -0.05) is 6.07 Å². The monoisotopic (exact) mass is 254 g/mol. The molecule has 0 aromatic carbocycles. The van der Waals surface area contributed by atoms with Gasteiger partial charge in [0.25, 0.3) is 5.91 Å². The maximum atomic E-state index is 12.0. The number of nitrogens with one attached hydrogen (secondary N) is 1. The first-order valence-corrected chi connectivity index (χ1v) is 6.33. The molecule has 2 heterocycles. The van der Waals surface area contributed by atoms with Crippen molar-refractivity contribution in [3.05, 3.63) is 42.6 Å². The molecule has 1 aliphatic rings. The van der Waals surface area contributed by atoms with Crippen LogP contribution < -0.4 is 5.32 Å². The number of rotatable bonds is 4. The van der Waals surface area contributed by atoms with Gasteiger partial charge in [0, 0.05) is 24.5 Å². The zero-order valence-corrected chi connectivity index (χ0v) is 10.4. The van der Waals surface area contributed by atoms with E-state index in [2.05, 4.69) is 20.3 Å². The molecular weight excluding hydrogens is 240 g/mol. The summed E-state index contributed by atoms with van der Waals surface area (Å²) < 4.78 is 0. The lowest BCUT2D eigenvalue weighted by Gasteiger charge is -2.05. The second-order valence-corrected chi connectivity index (χ2v) is 4.69. The molecular formula is C14H14N4O. The van der Waals surface area contributed by atoms with Crippen molar-refractivity contribution in [2.45, 2.75) is 12.8 Å². The van der Waals surface area contributed by atoms with Crippen LogP contribution in [0.25, 0.3) is 11.3 Å². The number of hydrogen-bond acceptors (Lipinski definition) is 4. The van der Waals surface area contributed by atoms with E-state index in [1.807, 2.05) is 12.1 Å². The first kappa shape index (κ1) is 11.8. The van der Waals surface area contributed by atoms with Crippen molar-refractivity contribution in [1.29, 1.82) is 0 Å². The molecule has 1 N–H and O–H groups in total. The van der Waals surface area contributed by atoms with Gasteiger partial charge in [-0.05, 0) is 30.9 Å². The maximum absolute atomic E-state index is 12.0. The smallest absolute Gasteiger partial charge is 0.269 e. The highest BCUT2D eigenvalue weighted by atomic mass is 16.1. The van der Waals surface area contributed by atoms with Gasteiger partial charge < -0.3 is 5.32 Å². The minimum Gasteiger partial charge on any atom is -0.350 e. The summed E-state index contributed by atoms with van der Waals surface area (Å²) >= 11 is 0. The summed E-state index contributed by atoms with van der Waals surface area (Å²) in [6, 6.07) is 5.38. The SMILES string of the molecule is O=C(NCC1CC1)c1cccc(-c2cncnc2)n1. The van der Waals surface area contributed by atoms with Gasteiger partial charge in [0.2, 0.25) is 0 Å². The van der Waals surface area contributed by atoms with Crippen molar-refractivity contribution in [2.24, 2.45) is 5.92 Å². The Morgan fingerprint density at radius 2 is 2.05 bits per heavy atom. The molecule has 5 nitrogen and oxygen atoms in total. The third-order valence-corrected chi connectivity index (χ3v) is 3.09. The molecule has 1 amide bonds. The molecule has 0 radical (unpaired) electrons. The fraction of sp³-hybridized carbons (Fsp3) is 0.286. The van der Waals surface area contributed by atoms with Crippen LogP contribution in [0.3, 0.4) is 0 Å². The molecule has 1 aliphatic carbocycles. The number of hydrogen-bond donors (Lipinski definition) is 1. The van der Waals surface area contributed by atoms with E-state index in [1.54, 1.807) is 18.5 Å². The van der Waals surface area contributed by atoms with Crippen LogP contribution in [0.15, 0.2) is 36.9 Å². The van der Waals surface area contributed by atoms with Gasteiger partial charge in [-0.25, -0.2) is 15.0 Å². The van der Waals surface area contributed by atoms with Gasteiger partial charge in [-0.2, -0.15) is 0 Å². The highest BCUT2D eigenvalue weighted by molar-refractivity contribution is 5.92. The predicted octanol–water partition coefficient (Wildman–Crippen LogP) is 1.68. The summed E-state index contributed by atoms with van der Waals surface area (Å²) in [4.78, 5) is 24.2. The van der Waals surface area contributed by atoms with Crippen molar-refractivity contribution in [3.63, 3.8) is 0 Å². The van der Waals surface area contributed by atoms with E-state index in [1.165, 1.54) is 19.2 Å². The van der Waals surface area contributed by atoms with E-state index in [0.29, 0.717) is 17.3 Å². The van der Waals surface area contributed by atoms with E-state index in [4.69, 9.17) is 0 Å². The van der Waals surface area contributed by atoms with Crippen LogP contribution in [0, 0.1) is 5.92 Å². The Kier molecular flexibility index (Phi) is 3.18. The highest BCUT2D eigenvalue weighted by Crippen LogP contribution is 2.27. The first-order chi connectivity index (χ1) is 9.33. The molecule has 96 valence electrons. The van der Waals surface area contributed by atoms with Gasteiger partial charge >= 0.3 is 0 Å². The Bertz CT molecular complexity index is 581. The van der Waals surface area contributed by atoms with Crippen molar-refractivity contribution in [1.82, 2.24) is 20.3 Å². The Morgan fingerprint density at radius 3 is 2.79 bits per heavy atom. The lowest BCUT2D eigenvalue weighted by Crippen LogP contribution is -2.26. The van der Waals surface area contributed by atoms with E-state index >= 15 is 0 Å². The van der Waals surface area contributed by atoms with Crippen molar-refractivity contribution in [3.8, 4) is 11.3 Å². The lowest BCUT2D eigenvalue weighted by molar-refractivity contribution is 0.0947. The second-order valence-electron chi connectivity index (χ2n) is 4.69. The summed E-state index contributed by atoms with van der Waals surface area (Å²) in [6.45, 7) is 0.749. The molecule has 3 rings (SSSR count). The standard InChI is InChI=1S/C14H14N4O/c19-14(17-6-10-4-5-10)13-3-1-2-12(18-13)11-7-15-9-16-8-11/h1-3,7-10H,4-6H2,(H,17,19). The zero-order valence-electron chi connectivity index (χ0n) is 10.4. The second kappa shape index (κ2) is 5.14. The third kappa shape index (κ3) is 2.93. The Labute approximate surface area is 111 Å². The van der Waals surface area contributed by atoms with Gasteiger partial charge in [0.15, 0.2) is 0 Å². The molecule has 2 aromatic rings. The van der Waals surface area contributed by atoms with Crippen LogP contribution in [-0.2, 0) is 0 Å². The van der Waals surface area contributed by atoms with Crippen LogP contribution >= 0.6 is 0 Å². The molecule has 0 atom stereocenters. The number of carbonyl (C=O) groups is 1. The third-order valence-electron chi connectivity index (χ3n) is 3.09. The number of nitrogens with zero attached hydrogens (tertiary/aromatic N) is 3. The minimum atomic E-state index is -0.120. The Balaban J connectivity index is 1.77. The van der Waals surface area contributed by atoms with Gasteiger partial charge in [0.1, 0.15) is 12.0 Å². The average molecular weight is 254 g/mol. The van der Waals surface area contributed by atoms with E-state index < -0.39 is 0 Å². The minimum absolute atomic E-state index is 0.120. The fourth-order valence-electron chi connectivity index (χ4n) is 1.80. The summed E-state index contributed by atoms with van der Waals surface area (Å²) in [5.41, 5.74) is 1.95. The van der Waals surface area contributed by atoms with E-state index in [0.717, 1.165) is 12.1 Å². The molecule has 1 fully saturated rings. The normalized spacial score (nSPS) is 14.1. The average Bonchev–Trinajstić information content (AvgIpc) is 3.30. The fourth-order valence-corrected chi connectivity index (χ4v) is 1.80. The van der Waals surface area contributed by atoms with Crippen molar-refractivity contribution < 1.29 is 4.79 Å². The number of aromatic nitrogens is 3. The van der Waals surface area contributed by atoms with E-state index in [-0.39, 0.29) is 5.91 Å². The predicted molar refractivity (Wildman–Crippen MR) is 70.3 cm³/mol. The molecule has 0 aliphatic heterocycles. The molecule has 0 unspecified atom stereocenters. The summed E-state index contributed by atoms with van der Waals surface area (Å²) in [7, 11) is 0. The van der Waals surface area contributed by atoms with Gasteiger partial charge in [-0.15, -0.1) is 0 Å². The summed E-state index contributed by atoms with van der Waals surface area (Å²) in [5, 5.41) is 2.91. The van der Waals surface area contributed by atoms with Crippen LogP contribution in [0.4, 0.5) is 0 Å². The van der Waals surface area contributed by atoms with E-state index in [9.17, 15) is 4.79 Å². The zero-order chi connectivity index (χ0) is 13.1. The lowest BCUT2D eigenvalue weighted by atomic mass is 10.2. The summed E-state index contributed by atoms with van der Waals surface area (Å²) in [6.07, 6.45) is 7.27. The largest absolute Gasteiger partial charge is 0.350 e. The number of carbonyl (C=O) groups excluding carboxylic acids is 1. The number of pyridine rings is 1. The molecule has 2 aromatic heterocycles. The highest BCUT2D eigenvalue weighted by Gasteiger charge is 2.22. The van der Waals surface area contributed by atoms with Gasteiger partial charge in [0.05, 0.1) is 5.69 Å². The van der Waals surface area contributed by atoms with Gasteiger partial charge in [-0.3, -0.25) is 4.79 Å². The first-order valence-electron chi connectivity index (χ1n) is 6.33. The van der Waals surface area contributed by atoms with Crippen molar-refractivity contribution in [2.75, 3.05) is 6.54 Å². The van der Waals surface area contributed by atoms with Crippen LogP contribution in [0.5, 0.6) is 0 Å². The maximum Gasteiger partial charge on any atom is 0.269 e. The van der Waals surface area contributed by atoms with Crippen LogP contribution in [0.2, 0.25) is 0 Å². The number of amides is 1. The quantitative estimate of drug-likeness (QED) is 0.901. The van der Waals surface area contributed by atoms with Crippen molar-refractivity contribution >= 4 is 5.91 Å². The molecule has 0 saturated heterocycles. The molecule has 5 heteroatoms. The topological polar surface area (TPSA) is 67.8 Å². The summed E-state index contributed by atoms with van der Waals surface area (Å²) in [5.74, 6) is 0.542. The Morgan fingerprint density at radius 1 is 1.26 bits per heavy atom. The van der Waals surface area contributed by atoms with Crippen LogP contribution in [-0.4, -0.2) is 27.4 Å². The molecule has 0 spiro atoms. The molecule has 19 heavy (non-hydrogen) atoms. The van der Waals surface area contributed by atoms with Crippen LogP contribution in [0.1, 0.15) is 23.3 Å². The molecule has 0 bridgehead atoms. The Hall–Kier alpha value is -2.30.